The maximum atomic E-state index is 10.5. The molecule has 0 spiro atoms. The highest BCUT2D eigenvalue weighted by Gasteiger charge is 2.25. The van der Waals surface area contributed by atoms with Crippen LogP contribution in [0.15, 0.2) is 150 Å². The molecule has 6 aromatic carbocycles. The normalized spacial score (nSPS) is 12.8. The minimum absolute atomic E-state index is 0.546. The van der Waals surface area contributed by atoms with Crippen molar-refractivity contribution in [2.24, 2.45) is 4.99 Å². The van der Waals surface area contributed by atoms with Crippen molar-refractivity contribution in [3.63, 3.8) is 0 Å². The van der Waals surface area contributed by atoms with Crippen LogP contribution in [-0.2, 0) is 0 Å². The number of aliphatic imine (C=N–C) groups is 1. The summed E-state index contributed by atoms with van der Waals surface area (Å²) in [5.74, 6) is 0. The lowest BCUT2D eigenvalue weighted by Gasteiger charge is -2.12. The molecule has 11 aromatic rings. The summed E-state index contributed by atoms with van der Waals surface area (Å²) in [5, 5.41) is 4.62. The summed E-state index contributed by atoms with van der Waals surface area (Å²) in [4.78, 5) is 25.6. The van der Waals surface area contributed by atoms with Gasteiger partial charge < -0.3 is 23.8 Å². The first-order valence-corrected chi connectivity index (χ1v) is 23.0. The SMILES string of the molecule is Cc1cc(C)c(-c2[nH]cc3cc(Br)ccc23)c(C)c1.Cc1cc(C)c(C2=NC(=Cc3cc4oc5ccccc5c4[nH]3)c3cc(Br)ccc32)c(C)c1.O=Cc1cc2oc3ccccc3c2[nH]1. The standard InChI is InChI=1S/C28H21BrN2O.C17H16BrN.C11H7NO2/c1-15-10-16(2)26(17(3)11-15)28-20-9-8-18(29)12-22(20)23(31-28)13-19-14-25-27(30-19)21-6-4-5-7-24(21)32-25;1-10-6-11(2)16(12(3)7-10)17-15-5-4-14(18)8-13(15)9-19-17;13-6-7-5-10-11(12-7)8-3-1-2-4-9(8)14-10/h4-14,30H,1-3H3;4-9,19H,1-3H3;1-6,12H. The number of hydrogen-bond acceptors (Lipinski definition) is 4. The van der Waals surface area contributed by atoms with E-state index in [1.165, 1.54) is 61.0 Å². The second-order valence-corrected chi connectivity index (χ2v) is 18.7. The van der Waals surface area contributed by atoms with Gasteiger partial charge in [-0.1, -0.05) is 104 Å². The van der Waals surface area contributed by atoms with Gasteiger partial charge in [0.1, 0.15) is 11.2 Å². The number of nitrogens with zero attached hydrogens (tertiary/aromatic N) is 1. The Hall–Kier alpha value is -6.94. The highest BCUT2D eigenvalue weighted by atomic mass is 79.9. The smallest absolute Gasteiger partial charge is 0.166 e. The number of furan rings is 2. The van der Waals surface area contributed by atoms with E-state index in [0.717, 1.165) is 87.6 Å². The van der Waals surface area contributed by atoms with E-state index in [2.05, 4.69) is 173 Å². The number of rotatable bonds is 4. The molecule has 0 atom stereocenters. The van der Waals surface area contributed by atoms with Crippen LogP contribution in [0.5, 0.6) is 0 Å². The fraction of sp³-hybridized carbons (Fsp3) is 0.107. The summed E-state index contributed by atoms with van der Waals surface area (Å²) < 4.78 is 13.7. The second-order valence-electron chi connectivity index (χ2n) is 16.9. The quantitative estimate of drug-likeness (QED) is 0.153. The van der Waals surface area contributed by atoms with Gasteiger partial charge in [0.25, 0.3) is 0 Å². The Morgan fingerprint density at radius 3 is 1.69 bits per heavy atom. The van der Waals surface area contributed by atoms with Crippen molar-refractivity contribution >= 4 is 111 Å². The largest absolute Gasteiger partial charge is 0.454 e. The first-order chi connectivity index (χ1) is 31.4. The zero-order valence-corrected chi connectivity index (χ0v) is 39.9. The number of carbonyl (C=O) groups excluding carboxylic acids is 1. The monoisotopic (exact) mass is 978 g/mol. The van der Waals surface area contributed by atoms with Crippen molar-refractivity contribution in [3.8, 4) is 11.3 Å². The summed E-state index contributed by atoms with van der Waals surface area (Å²) in [6.07, 6.45) is 4.97. The molecule has 0 bridgehead atoms. The number of H-pyrrole nitrogens is 3. The fourth-order valence-corrected chi connectivity index (χ4v) is 10.2. The first kappa shape index (κ1) is 42.0. The van der Waals surface area contributed by atoms with Gasteiger partial charge in [0.15, 0.2) is 17.5 Å². The molecule has 65 heavy (non-hydrogen) atoms. The highest BCUT2D eigenvalue weighted by Crippen LogP contribution is 2.38. The molecule has 0 unspecified atom stereocenters. The zero-order chi connectivity index (χ0) is 45.1. The molecule has 0 aliphatic carbocycles. The lowest BCUT2D eigenvalue weighted by atomic mass is 9.92. The van der Waals surface area contributed by atoms with E-state index >= 15 is 0 Å². The number of aryl methyl sites for hydroxylation is 6. The summed E-state index contributed by atoms with van der Waals surface area (Å²) in [6, 6.07) is 41.4. The third-order valence-corrected chi connectivity index (χ3v) is 13.0. The topological polar surface area (TPSA) is 103 Å². The Kier molecular flexibility index (Phi) is 10.9. The average molecular weight is 981 g/mol. The zero-order valence-electron chi connectivity index (χ0n) is 36.7. The second kappa shape index (κ2) is 16.9. The molecular formula is C56H44Br2N4O3. The molecule has 0 amide bonds. The molecule has 1 aliphatic rings. The molecular weight excluding hydrogens is 936 g/mol. The van der Waals surface area contributed by atoms with Gasteiger partial charge in [-0.05, 0) is 118 Å². The number of para-hydroxylation sites is 2. The van der Waals surface area contributed by atoms with Crippen LogP contribution in [0.3, 0.4) is 0 Å². The molecule has 1 aliphatic heterocycles. The van der Waals surface area contributed by atoms with E-state index < -0.39 is 0 Å². The number of benzene rings is 6. The number of nitrogens with one attached hydrogen (secondary N) is 3. The van der Waals surface area contributed by atoms with Gasteiger partial charge in [-0.25, -0.2) is 4.99 Å². The van der Waals surface area contributed by atoms with Gasteiger partial charge in [0.05, 0.1) is 33.8 Å². The van der Waals surface area contributed by atoms with Crippen molar-refractivity contribution in [2.75, 3.05) is 0 Å². The molecule has 0 saturated heterocycles. The lowest BCUT2D eigenvalue weighted by molar-refractivity contribution is 0.111. The van der Waals surface area contributed by atoms with Crippen LogP contribution in [0.4, 0.5) is 0 Å². The lowest BCUT2D eigenvalue weighted by Crippen LogP contribution is -2.06. The number of aldehydes is 1. The average Bonchev–Trinajstić information content (AvgIpc) is 4.12. The van der Waals surface area contributed by atoms with E-state index in [4.69, 9.17) is 13.8 Å². The molecule has 0 fully saturated rings. The molecule has 320 valence electrons. The van der Waals surface area contributed by atoms with E-state index in [9.17, 15) is 4.79 Å². The van der Waals surface area contributed by atoms with Crippen molar-refractivity contribution in [1.82, 2.24) is 15.0 Å². The van der Waals surface area contributed by atoms with Crippen LogP contribution < -0.4 is 0 Å². The predicted octanol–water partition coefficient (Wildman–Crippen LogP) is 16.2. The van der Waals surface area contributed by atoms with Crippen molar-refractivity contribution in [3.05, 3.63) is 198 Å². The summed E-state index contributed by atoms with van der Waals surface area (Å²) >= 11 is 7.16. The molecule has 12 rings (SSSR count). The van der Waals surface area contributed by atoms with E-state index in [1.54, 1.807) is 6.07 Å². The van der Waals surface area contributed by atoms with Crippen molar-refractivity contribution < 1.29 is 13.6 Å². The number of aromatic amines is 3. The van der Waals surface area contributed by atoms with Crippen LogP contribution >= 0.6 is 31.9 Å². The van der Waals surface area contributed by atoms with Crippen LogP contribution in [0.2, 0.25) is 0 Å². The van der Waals surface area contributed by atoms with Crippen LogP contribution in [0.25, 0.3) is 77.9 Å². The van der Waals surface area contributed by atoms with Crippen molar-refractivity contribution in [1.29, 1.82) is 0 Å². The van der Waals surface area contributed by atoms with Gasteiger partial charge in [0, 0.05) is 76.8 Å². The minimum Gasteiger partial charge on any atom is -0.454 e. The Labute approximate surface area is 392 Å². The van der Waals surface area contributed by atoms with Gasteiger partial charge in [-0.2, -0.15) is 0 Å². The molecule has 9 heteroatoms. The number of carbonyl (C=O) groups is 1. The van der Waals surface area contributed by atoms with Gasteiger partial charge in [-0.3, -0.25) is 4.79 Å². The Morgan fingerprint density at radius 2 is 1.08 bits per heavy atom. The maximum absolute atomic E-state index is 10.5. The van der Waals surface area contributed by atoms with Crippen LogP contribution in [0, 0.1) is 41.5 Å². The molecule has 3 N–H and O–H groups in total. The van der Waals surface area contributed by atoms with E-state index in [1.807, 2.05) is 42.5 Å². The summed E-state index contributed by atoms with van der Waals surface area (Å²) in [6.45, 7) is 13.0. The van der Waals surface area contributed by atoms with Crippen LogP contribution in [-0.4, -0.2) is 26.9 Å². The number of halogens is 2. The molecule has 0 radical (unpaired) electrons. The van der Waals surface area contributed by atoms with E-state index in [0.29, 0.717) is 5.69 Å². The number of hydrogen-bond donors (Lipinski definition) is 3. The van der Waals surface area contributed by atoms with Crippen molar-refractivity contribution in [2.45, 2.75) is 41.5 Å². The molecule has 7 nitrogen and oxygen atoms in total. The Morgan fingerprint density at radius 1 is 0.538 bits per heavy atom. The third-order valence-electron chi connectivity index (χ3n) is 12.0. The predicted molar refractivity (Wildman–Crippen MR) is 275 cm³/mol. The first-order valence-electron chi connectivity index (χ1n) is 21.4. The third kappa shape index (κ3) is 7.89. The summed E-state index contributed by atoms with van der Waals surface area (Å²) in [5.41, 5.74) is 22.5. The highest BCUT2D eigenvalue weighted by molar-refractivity contribution is 9.10. The molecule has 0 saturated carbocycles. The minimum atomic E-state index is 0.546. The van der Waals surface area contributed by atoms with E-state index in [-0.39, 0.29) is 0 Å². The summed E-state index contributed by atoms with van der Waals surface area (Å²) in [7, 11) is 0. The molecule has 5 aromatic heterocycles. The Bertz CT molecular complexity index is 3690. The number of aromatic nitrogens is 3. The van der Waals surface area contributed by atoms with Crippen LogP contribution in [0.1, 0.15) is 66.3 Å². The van der Waals surface area contributed by atoms with Gasteiger partial charge in [0.2, 0.25) is 0 Å². The number of fused-ring (bicyclic) bond motifs is 8. The van der Waals surface area contributed by atoms with Gasteiger partial charge in [-0.15, -0.1) is 0 Å². The van der Waals surface area contributed by atoms with Gasteiger partial charge >= 0.3 is 0 Å². The molecule has 6 heterocycles. The fourth-order valence-electron chi connectivity index (χ4n) is 9.44. The Balaban J connectivity index is 0.000000127. The maximum Gasteiger partial charge on any atom is 0.166 e.